The number of aryl methyl sites for hydroxylation is 1. The summed E-state index contributed by atoms with van der Waals surface area (Å²) in [6.45, 7) is 3.91. The van der Waals surface area contributed by atoms with Gasteiger partial charge in [0.25, 0.3) is 5.91 Å². The van der Waals surface area contributed by atoms with Crippen LogP contribution in [0, 0.1) is 13.8 Å². The van der Waals surface area contributed by atoms with Gasteiger partial charge in [-0.3, -0.25) is 14.4 Å². The van der Waals surface area contributed by atoms with Gasteiger partial charge in [0.2, 0.25) is 5.78 Å². The average Bonchev–Trinajstić information content (AvgIpc) is 3.43. The van der Waals surface area contributed by atoms with Gasteiger partial charge in [-0.05, 0) is 42.8 Å². The van der Waals surface area contributed by atoms with E-state index in [4.69, 9.17) is 4.74 Å². The van der Waals surface area contributed by atoms with Crippen LogP contribution in [0.15, 0.2) is 41.1 Å². The molecular weight excluding hydrogens is 396 g/mol. The van der Waals surface area contributed by atoms with Crippen LogP contribution in [0.1, 0.15) is 36.3 Å². The lowest BCUT2D eigenvalue weighted by Crippen LogP contribution is -2.31. The van der Waals surface area contributed by atoms with Crippen LogP contribution in [0.4, 0.5) is 0 Å². The summed E-state index contributed by atoms with van der Waals surface area (Å²) in [5, 5.41) is 6.28. The second-order valence-electron chi connectivity index (χ2n) is 6.19. The molecule has 3 rings (SSSR count). The summed E-state index contributed by atoms with van der Waals surface area (Å²) < 4.78 is 7.10. The maximum atomic E-state index is 12.5. The molecule has 0 saturated heterocycles. The highest BCUT2D eigenvalue weighted by atomic mass is 32.1. The van der Waals surface area contributed by atoms with Crippen LogP contribution in [0.25, 0.3) is 0 Å². The van der Waals surface area contributed by atoms with Gasteiger partial charge in [0, 0.05) is 21.8 Å². The van der Waals surface area contributed by atoms with Crippen molar-refractivity contribution < 1.29 is 19.1 Å². The number of hydrogen-bond donors (Lipinski definition) is 1. The predicted octanol–water partition coefficient (Wildman–Crippen LogP) is 3.43. The smallest absolute Gasteiger partial charge is 0.325 e. The van der Waals surface area contributed by atoms with Gasteiger partial charge in [0.05, 0.1) is 11.4 Å². The van der Waals surface area contributed by atoms with Gasteiger partial charge in [0.1, 0.15) is 6.54 Å². The molecule has 1 amide bonds. The first-order chi connectivity index (χ1) is 13.5. The Bertz CT molecular complexity index is 972. The van der Waals surface area contributed by atoms with E-state index in [0.717, 1.165) is 11.4 Å². The van der Waals surface area contributed by atoms with E-state index in [-0.39, 0.29) is 24.8 Å². The lowest BCUT2D eigenvalue weighted by molar-refractivity contribution is -0.141. The van der Waals surface area contributed by atoms with E-state index in [1.165, 1.54) is 16.2 Å². The molecule has 0 spiro atoms. The number of amides is 1. The molecule has 0 saturated carbocycles. The molecule has 0 radical (unpaired) electrons. The van der Waals surface area contributed by atoms with Crippen LogP contribution in [0.5, 0.6) is 0 Å². The largest absolute Gasteiger partial charge is 0.456 e. The number of nitrogens with zero attached hydrogens (tertiary/aromatic N) is 1. The maximum absolute atomic E-state index is 12.5. The van der Waals surface area contributed by atoms with Crippen molar-refractivity contribution in [1.82, 2.24) is 9.88 Å². The standard InChI is InChI=1S/C20H20N2O4S2/c1-13-9-16(14(2)22(13)11-15-5-3-7-27-15)17(23)12-26-19(24)10-21-20(25)18-6-4-8-28-18/h3-9H,10-12H2,1-2H3,(H,21,25). The molecule has 0 fully saturated rings. The van der Waals surface area contributed by atoms with Crippen LogP contribution in [-0.2, 0) is 16.1 Å². The summed E-state index contributed by atoms with van der Waals surface area (Å²) in [5.41, 5.74) is 2.37. The van der Waals surface area contributed by atoms with Crippen LogP contribution >= 0.6 is 22.7 Å². The van der Waals surface area contributed by atoms with Crippen molar-refractivity contribution >= 4 is 40.3 Å². The number of carbonyl (C=O) groups is 3. The summed E-state index contributed by atoms with van der Waals surface area (Å²) in [5.74, 6) is -1.25. The lowest BCUT2D eigenvalue weighted by Gasteiger charge is -2.09. The average molecular weight is 417 g/mol. The number of thiophene rings is 2. The molecule has 0 bridgehead atoms. The molecule has 0 aromatic carbocycles. The van der Waals surface area contributed by atoms with Gasteiger partial charge in [0.15, 0.2) is 6.61 Å². The fourth-order valence-corrected chi connectivity index (χ4v) is 4.14. The number of aromatic nitrogens is 1. The van der Waals surface area contributed by atoms with Gasteiger partial charge >= 0.3 is 5.97 Å². The Morgan fingerprint density at radius 3 is 2.54 bits per heavy atom. The highest BCUT2D eigenvalue weighted by molar-refractivity contribution is 7.12. The second kappa shape index (κ2) is 8.99. The van der Waals surface area contributed by atoms with Gasteiger partial charge in [-0.2, -0.15) is 0 Å². The topological polar surface area (TPSA) is 77.4 Å². The van der Waals surface area contributed by atoms with Crippen LogP contribution in [0.3, 0.4) is 0 Å². The summed E-state index contributed by atoms with van der Waals surface area (Å²) in [6.07, 6.45) is 0. The number of Topliss-reactive ketones (excluding diaryl/α,β-unsaturated/α-hetero) is 1. The maximum Gasteiger partial charge on any atom is 0.325 e. The van der Waals surface area contributed by atoms with Gasteiger partial charge in [-0.25, -0.2) is 0 Å². The third-order valence-corrected chi connectivity index (χ3v) is 6.00. The highest BCUT2D eigenvalue weighted by Crippen LogP contribution is 2.19. The number of carbonyl (C=O) groups excluding carboxylic acids is 3. The summed E-state index contributed by atoms with van der Waals surface area (Å²) in [7, 11) is 0. The number of ketones is 1. The molecule has 6 nitrogen and oxygen atoms in total. The van der Waals surface area contributed by atoms with E-state index in [9.17, 15) is 14.4 Å². The molecule has 0 aliphatic heterocycles. The van der Waals surface area contributed by atoms with Crippen molar-refractivity contribution in [1.29, 1.82) is 0 Å². The van der Waals surface area contributed by atoms with Crippen LogP contribution in [0.2, 0.25) is 0 Å². The third-order valence-electron chi connectivity index (χ3n) is 4.27. The molecule has 3 heterocycles. The number of esters is 1. The monoisotopic (exact) mass is 416 g/mol. The molecule has 28 heavy (non-hydrogen) atoms. The minimum atomic E-state index is -0.648. The summed E-state index contributed by atoms with van der Waals surface area (Å²) >= 11 is 2.95. The molecule has 0 unspecified atom stereocenters. The number of nitrogens with one attached hydrogen (secondary N) is 1. The first-order valence-electron chi connectivity index (χ1n) is 8.65. The molecule has 8 heteroatoms. The SMILES string of the molecule is Cc1cc(C(=O)COC(=O)CNC(=O)c2cccs2)c(C)n1Cc1cccs1. The molecule has 146 valence electrons. The molecule has 0 aliphatic carbocycles. The Hall–Kier alpha value is -2.71. The van der Waals surface area contributed by atoms with Gasteiger partial charge in [-0.1, -0.05) is 12.1 Å². The van der Waals surface area contributed by atoms with Crippen molar-refractivity contribution in [3.8, 4) is 0 Å². The van der Waals surface area contributed by atoms with E-state index in [2.05, 4.69) is 16.0 Å². The van der Waals surface area contributed by atoms with Crippen LogP contribution < -0.4 is 5.32 Å². The van der Waals surface area contributed by atoms with Gasteiger partial charge < -0.3 is 14.6 Å². The minimum absolute atomic E-state index is 0.261. The number of rotatable bonds is 8. The fraction of sp³-hybridized carbons (Fsp3) is 0.250. The zero-order valence-electron chi connectivity index (χ0n) is 15.6. The van der Waals surface area contributed by atoms with E-state index in [1.807, 2.05) is 31.4 Å². The molecule has 0 atom stereocenters. The minimum Gasteiger partial charge on any atom is -0.456 e. The zero-order chi connectivity index (χ0) is 20.1. The Balaban J connectivity index is 1.53. The highest BCUT2D eigenvalue weighted by Gasteiger charge is 2.18. The Labute approximate surface area is 170 Å². The number of ether oxygens (including phenoxy) is 1. The quantitative estimate of drug-likeness (QED) is 0.451. The van der Waals surface area contributed by atoms with Crippen LogP contribution in [-0.4, -0.2) is 35.4 Å². The third kappa shape index (κ3) is 4.76. The van der Waals surface area contributed by atoms with Crippen molar-refractivity contribution in [3.05, 3.63) is 67.8 Å². The van der Waals surface area contributed by atoms with Gasteiger partial charge in [-0.15, -0.1) is 22.7 Å². The van der Waals surface area contributed by atoms with Crippen molar-refractivity contribution in [2.75, 3.05) is 13.2 Å². The Morgan fingerprint density at radius 1 is 1.11 bits per heavy atom. The first kappa shape index (κ1) is 20.0. The lowest BCUT2D eigenvalue weighted by atomic mass is 10.1. The molecule has 1 N–H and O–H groups in total. The molecule has 0 aliphatic rings. The fourth-order valence-electron chi connectivity index (χ4n) is 2.81. The summed E-state index contributed by atoms with van der Waals surface area (Å²) in [4.78, 5) is 37.8. The normalized spacial score (nSPS) is 10.6. The first-order valence-corrected chi connectivity index (χ1v) is 10.4. The van der Waals surface area contributed by atoms with Crippen molar-refractivity contribution in [2.45, 2.75) is 20.4 Å². The van der Waals surface area contributed by atoms with E-state index in [0.29, 0.717) is 17.0 Å². The number of hydrogen-bond acceptors (Lipinski definition) is 6. The van der Waals surface area contributed by atoms with Crippen molar-refractivity contribution in [3.63, 3.8) is 0 Å². The van der Waals surface area contributed by atoms with Crippen molar-refractivity contribution in [2.24, 2.45) is 0 Å². The van der Waals surface area contributed by atoms with E-state index < -0.39 is 5.97 Å². The second-order valence-corrected chi connectivity index (χ2v) is 8.17. The Morgan fingerprint density at radius 2 is 1.86 bits per heavy atom. The molecule has 3 aromatic rings. The molecular formula is C20H20N2O4S2. The van der Waals surface area contributed by atoms with E-state index >= 15 is 0 Å². The summed E-state index contributed by atoms with van der Waals surface area (Å²) in [6, 6.07) is 9.29. The van der Waals surface area contributed by atoms with E-state index in [1.54, 1.807) is 28.8 Å². The Kier molecular flexibility index (Phi) is 6.43. The predicted molar refractivity (Wildman–Crippen MR) is 109 cm³/mol. The zero-order valence-corrected chi connectivity index (χ0v) is 17.2. The molecule has 3 aromatic heterocycles.